The maximum Gasteiger partial charge on any atom is 0.310 e. The van der Waals surface area contributed by atoms with Crippen molar-refractivity contribution in [2.75, 3.05) is 0 Å². The lowest BCUT2D eigenvalue weighted by Gasteiger charge is -2.20. The van der Waals surface area contributed by atoms with Crippen LogP contribution in [0.2, 0.25) is 0 Å². The zero-order valence-corrected chi connectivity index (χ0v) is 10.6. The number of hydrogen-bond acceptors (Lipinski definition) is 2. The van der Waals surface area contributed by atoms with Crippen LogP contribution in [0.25, 0.3) is 0 Å². The minimum atomic E-state index is -0.368. The Bertz CT molecular complexity index is 470. The Labute approximate surface area is 102 Å². The molecule has 2 aliphatic rings. The van der Waals surface area contributed by atoms with Crippen LogP contribution >= 0.6 is 0 Å². The largest absolute Gasteiger partial charge is 0.460 e. The van der Waals surface area contributed by atoms with Crippen molar-refractivity contribution in [1.29, 1.82) is 0 Å². The molecule has 0 radical (unpaired) electrons. The molecular weight excluding hydrogens is 212 g/mol. The maximum atomic E-state index is 12.0. The summed E-state index contributed by atoms with van der Waals surface area (Å²) < 4.78 is 5.47. The van der Waals surface area contributed by atoms with Crippen molar-refractivity contribution in [3.05, 3.63) is 35.4 Å². The average molecular weight is 230 g/mol. The molecule has 0 N–H and O–H groups in total. The molecule has 0 bridgehead atoms. The van der Waals surface area contributed by atoms with E-state index in [1.165, 1.54) is 11.1 Å². The second-order valence-electron chi connectivity index (χ2n) is 6.15. The summed E-state index contributed by atoms with van der Waals surface area (Å²) in [4.78, 5) is 12.0. The van der Waals surface area contributed by atoms with Crippen LogP contribution in [0.4, 0.5) is 0 Å². The standard InChI is InChI=1S/C15H18O2/c1-15(2,3)17-14(16)13-11-8-9-6-4-5-7-10(9)12(11)13/h4-7,11-13H,8H2,1-3H3. The molecule has 0 amide bonds. The molecule has 2 nitrogen and oxygen atoms in total. The van der Waals surface area contributed by atoms with Crippen LogP contribution in [0.5, 0.6) is 0 Å². The summed E-state index contributed by atoms with van der Waals surface area (Å²) in [6, 6.07) is 8.47. The van der Waals surface area contributed by atoms with Gasteiger partial charge in [-0.05, 0) is 44.2 Å². The van der Waals surface area contributed by atoms with E-state index in [0.29, 0.717) is 11.8 Å². The van der Waals surface area contributed by atoms with Gasteiger partial charge in [0.1, 0.15) is 5.60 Å². The lowest BCUT2D eigenvalue weighted by molar-refractivity contribution is -0.157. The lowest BCUT2D eigenvalue weighted by Crippen LogP contribution is -2.26. The van der Waals surface area contributed by atoms with E-state index < -0.39 is 0 Å². The molecule has 0 heterocycles. The molecule has 1 aromatic carbocycles. The predicted molar refractivity (Wildman–Crippen MR) is 65.7 cm³/mol. The number of benzene rings is 1. The van der Waals surface area contributed by atoms with Gasteiger partial charge in [-0.3, -0.25) is 4.79 Å². The van der Waals surface area contributed by atoms with E-state index >= 15 is 0 Å². The van der Waals surface area contributed by atoms with Gasteiger partial charge in [0.05, 0.1) is 5.92 Å². The smallest absolute Gasteiger partial charge is 0.310 e. The van der Waals surface area contributed by atoms with Crippen molar-refractivity contribution in [1.82, 2.24) is 0 Å². The molecule has 0 aromatic heterocycles. The molecule has 1 fully saturated rings. The highest BCUT2D eigenvalue weighted by Gasteiger charge is 2.60. The molecule has 17 heavy (non-hydrogen) atoms. The van der Waals surface area contributed by atoms with Crippen molar-refractivity contribution in [3.63, 3.8) is 0 Å². The molecular formula is C15H18O2. The van der Waals surface area contributed by atoms with E-state index in [0.717, 1.165) is 6.42 Å². The fourth-order valence-corrected chi connectivity index (χ4v) is 3.04. The van der Waals surface area contributed by atoms with Gasteiger partial charge in [-0.15, -0.1) is 0 Å². The summed E-state index contributed by atoms with van der Waals surface area (Å²) in [5.41, 5.74) is 2.42. The van der Waals surface area contributed by atoms with Gasteiger partial charge in [0.2, 0.25) is 0 Å². The number of carbonyl (C=O) groups excluding carboxylic acids is 1. The monoisotopic (exact) mass is 230 g/mol. The number of ether oxygens (including phenoxy) is 1. The van der Waals surface area contributed by atoms with Crippen molar-refractivity contribution in [2.24, 2.45) is 11.8 Å². The third-order valence-electron chi connectivity index (χ3n) is 3.72. The molecule has 3 unspecified atom stereocenters. The highest BCUT2D eigenvalue weighted by molar-refractivity contribution is 5.80. The minimum absolute atomic E-state index is 0.0120. The topological polar surface area (TPSA) is 26.3 Å². The van der Waals surface area contributed by atoms with Crippen LogP contribution in [-0.2, 0) is 16.0 Å². The number of rotatable bonds is 1. The Hall–Kier alpha value is -1.31. The van der Waals surface area contributed by atoms with Crippen LogP contribution in [-0.4, -0.2) is 11.6 Å². The first-order valence-corrected chi connectivity index (χ1v) is 6.28. The molecule has 3 rings (SSSR count). The van der Waals surface area contributed by atoms with E-state index in [9.17, 15) is 4.79 Å². The van der Waals surface area contributed by atoms with Crippen LogP contribution < -0.4 is 0 Å². The van der Waals surface area contributed by atoms with Crippen molar-refractivity contribution >= 4 is 5.97 Å². The summed E-state index contributed by atoms with van der Waals surface area (Å²) in [7, 11) is 0. The Kier molecular flexibility index (Phi) is 2.13. The highest BCUT2D eigenvalue weighted by atomic mass is 16.6. The molecule has 1 saturated carbocycles. The highest BCUT2D eigenvalue weighted by Crippen LogP contribution is 2.61. The first kappa shape index (κ1) is 10.8. The van der Waals surface area contributed by atoms with Gasteiger partial charge in [0.15, 0.2) is 0 Å². The van der Waals surface area contributed by atoms with Crippen molar-refractivity contribution < 1.29 is 9.53 Å². The minimum Gasteiger partial charge on any atom is -0.460 e. The summed E-state index contributed by atoms with van der Waals surface area (Å²) in [6.45, 7) is 5.78. The fraction of sp³-hybridized carbons (Fsp3) is 0.533. The number of fused-ring (bicyclic) bond motifs is 3. The van der Waals surface area contributed by atoms with Gasteiger partial charge in [-0.2, -0.15) is 0 Å². The van der Waals surface area contributed by atoms with Gasteiger partial charge in [-0.1, -0.05) is 24.3 Å². The maximum absolute atomic E-state index is 12.0. The van der Waals surface area contributed by atoms with Gasteiger partial charge in [0, 0.05) is 5.92 Å². The normalized spacial score (nSPS) is 29.5. The zero-order chi connectivity index (χ0) is 12.2. The van der Waals surface area contributed by atoms with Crippen molar-refractivity contribution in [3.8, 4) is 0 Å². The van der Waals surface area contributed by atoms with Crippen molar-refractivity contribution in [2.45, 2.75) is 38.7 Å². The number of esters is 1. The van der Waals surface area contributed by atoms with E-state index in [1.54, 1.807) is 0 Å². The first-order chi connectivity index (χ1) is 7.97. The van der Waals surface area contributed by atoms with E-state index in [4.69, 9.17) is 4.74 Å². The zero-order valence-electron chi connectivity index (χ0n) is 10.6. The third kappa shape index (κ3) is 1.76. The average Bonchev–Trinajstić information content (AvgIpc) is 2.80. The molecule has 0 saturated heterocycles. The van der Waals surface area contributed by atoms with E-state index in [-0.39, 0.29) is 17.5 Å². The Morgan fingerprint density at radius 3 is 2.71 bits per heavy atom. The van der Waals surface area contributed by atoms with Crippen LogP contribution in [0.3, 0.4) is 0 Å². The SMILES string of the molecule is CC(C)(C)OC(=O)C1C2Cc3ccccc3C21. The van der Waals surface area contributed by atoms with Gasteiger partial charge in [0.25, 0.3) is 0 Å². The second-order valence-corrected chi connectivity index (χ2v) is 6.15. The van der Waals surface area contributed by atoms with E-state index in [1.807, 2.05) is 20.8 Å². The molecule has 3 atom stereocenters. The van der Waals surface area contributed by atoms with Crippen LogP contribution in [0, 0.1) is 11.8 Å². The van der Waals surface area contributed by atoms with E-state index in [2.05, 4.69) is 24.3 Å². The molecule has 0 aliphatic heterocycles. The molecule has 2 heteroatoms. The predicted octanol–water partition coefficient (Wildman–Crippen LogP) is 2.91. The Balaban J connectivity index is 1.75. The summed E-state index contributed by atoms with van der Waals surface area (Å²) >= 11 is 0. The molecule has 0 spiro atoms. The Morgan fingerprint density at radius 2 is 2.00 bits per heavy atom. The second kappa shape index (κ2) is 3.34. The quantitative estimate of drug-likeness (QED) is 0.693. The van der Waals surface area contributed by atoms with Gasteiger partial charge in [-0.25, -0.2) is 0 Å². The number of carbonyl (C=O) groups is 1. The summed E-state index contributed by atoms with van der Waals surface area (Å²) in [5, 5.41) is 0. The van der Waals surface area contributed by atoms with Crippen LogP contribution in [0.15, 0.2) is 24.3 Å². The summed E-state index contributed by atoms with van der Waals surface area (Å²) in [5.74, 6) is 1.04. The third-order valence-corrected chi connectivity index (χ3v) is 3.72. The fourth-order valence-electron chi connectivity index (χ4n) is 3.04. The number of hydrogen-bond donors (Lipinski definition) is 0. The van der Waals surface area contributed by atoms with Gasteiger partial charge >= 0.3 is 5.97 Å². The molecule has 1 aromatic rings. The van der Waals surface area contributed by atoms with Gasteiger partial charge < -0.3 is 4.74 Å². The first-order valence-electron chi connectivity index (χ1n) is 6.28. The molecule has 2 aliphatic carbocycles. The van der Waals surface area contributed by atoms with Crippen LogP contribution in [0.1, 0.15) is 37.8 Å². The Morgan fingerprint density at radius 1 is 1.29 bits per heavy atom. The summed E-state index contributed by atoms with van der Waals surface area (Å²) in [6.07, 6.45) is 1.05. The lowest BCUT2D eigenvalue weighted by atomic mass is 10.0. The molecule has 90 valence electrons.